The molecule has 0 spiro atoms. The molecule has 0 N–H and O–H groups in total. The van der Waals surface area contributed by atoms with Gasteiger partial charge in [-0.3, -0.25) is 9.59 Å². The molecule has 0 aliphatic rings. The van der Waals surface area contributed by atoms with Gasteiger partial charge in [-0.1, -0.05) is 74.5 Å². The van der Waals surface area contributed by atoms with Crippen molar-refractivity contribution in [1.29, 1.82) is 0 Å². The van der Waals surface area contributed by atoms with Crippen molar-refractivity contribution < 1.29 is 9.59 Å². The minimum Gasteiger partial charge on any atom is -0.302 e. The third-order valence-corrected chi connectivity index (χ3v) is 4.36. The number of ketones is 2. The Balaban J connectivity index is 2.13. The summed E-state index contributed by atoms with van der Waals surface area (Å²) in [4.78, 5) is 27.8. The molecule has 0 aliphatic carbocycles. The number of rotatable bonds is 10. The zero-order valence-electron chi connectivity index (χ0n) is 15.1. The molecule has 0 unspecified atom stereocenters. The lowest BCUT2D eigenvalue weighted by molar-refractivity contribution is -0.124. The monoisotopic (exact) mass is 336 g/mol. The number of hydrogen-bond donors (Lipinski definition) is 0. The SMILES string of the molecule is CCN(CC)C[C](C(=O)Cc1ccccc1)C(=O)Cc1ccccc1. The first kappa shape index (κ1) is 19.1. The molecule has 3 heteroatoms. The first-order chi connectivity index (χ1) is 12.1. The third-order valence-electron chi connectivity index (χ3n) is 4.36. The number of carbonyl (C=O) groups excluding carboxylic acids is 2. The first-order valence-corrected chi connectivity index (χ1v) is 8.86. The summed E-state index contributed by atoms with van der Waals surface area (Å²) in [6.07, 6.45) is 0.552. The largest absolute Gasteiger partial charge is 0.302 e. The van der Waals surface area contributed by atoms with Gasteiger partial charge in [0.1, 0.15) is 5.92 Å². The molecule has 0 amide bonds. The molecule has 0 saturated carbocycles. The molecule has 1 radical (unpaired) electrons. The van der Waals surface area contributed by atoms with Crippen molar-refractivity contribution in [2.24, 2.45) is 0 Å². The lowest BCUT2D eigenvalue weighted by Crippen LogP contribution is -2.37. The van der Waals surface area contributed by atoms with E-state index in [1.807, 2.05) is 74.5 Å². The van der Waals surface area contributed by atoms with Crippen LogP contribution in [0.4, 0.5) is 0 Å². The van der Waals surface area contributed by atoms with E-state index in [2.05, 4.69) is 4.90 Å². The summed E-state index contributed by atoms with van der Waals surface area (Å²) in [6.45, 7) is 6.15. The molecule has 131 valence electrons. The van der Waals surface area contributed by atoms with E-state index in [1.165, 1.54) is 0 Å². The molecule has 2 rings (SSSR count). The Morgan fingerprint density at radius 1 is 0.720 bits per heavy atom. The molecule has 0 bridgehead atoms. The highest BCUT2D eigenvalue weighted by atomic mass is 16.1. The van der Waals surface area contributed by atoms with Gasteiger partial charge in [0.2, 0.25) is 0 Å². The highest BCUT2D eigenvalue weighted by Crippen LogP contribution is 2.15. The van der Waals surface area contributed by atoms with E-state index in [9.17, 15) is 9.59 Å². The second-order valence-electron chi connectivity index (χ2n) is 6.11. The normalized spacial score (nSPS) is 11.0. The van der Waals surface area contributed by atoms with E-state index in [0.717, 1.165) is 24.2 Å². The van der Waals surface area contributed by atoms with E-state index in [-0.39, 0.29) is 24.4 Å². The van der Waals surface area contributed by atoms with Crippen LogP contribution in [0.1, 0.15) is 25.0 Å². The molecule has 3 nitrogen and oxygen atoms in total. The molecule has 0 heterocycles. The Morgan fingerprint density at radius 3 is 1.48 bits per heavy atom. The predicted octanol–water partition coefficient (Wildman–Crippen LogP) is 3.53. The van der Waals surface area contributed by atoms with Gasteiger partial charge in [-0.2, -0.15) is 0 Å². The van der Waals surface area contributed by atoms with Gasteiger partial charge < -0.3 is 4.90 Å². The fraction of sp³-hybridized carbons (Fsp3) is 0.318. The van der Waals surface area contributed by atoms with E-state index in [0.29, 0.717) is 12.5 Å². The molecule has 0 aromatic heterocycles. The molecule has 2 aromatic carbocycles. The smallest absolute Gasteiger partial charge is 0.153 e. The van der Waals surface area contributed by atoms with Crippen LogP contribution in [0.5, 0.6) is 0 Å². The molecule has 2 aromatic rings. The maximum Gasteiger partial charge on any atom is 0.153 e. The highest BCUT2D eigenvalue weighted by Gasteiger charge is 2.28. The van der Waals surface area contributed by atoms with Gasteiger partial charge in [0.15, 0.2) is 11.6 Å². The fourth-order valence-corrected chi connectivity index (χ4v) is 2.78. The molecule has 0 saturated heterocycles. The number of benzene rings is 2. The van der Waals surface area contributed by atoms with Crippen molar-refractivity contribution in [3.8, 4) is 0 Å². The standard InChI is InChI=1S/C22H26NO2/c1-3-23(4-2)17-20(21(24)15-18-11-7-5-8-12-18)22(25)16-19-13-9-6-10-14-19/h5-14H,3-4,15-17H2,1-2H3. The summed E-state index contributed by atoms with van der Waals surface area (Å²) in [6, 6.07) is 19.2. The maximum atomic E-state index is 12.8. The van der Waals surface area contributed by atoms with Gasteiger partial charge in [-0.05, 0) is 24.2 Å². The Labute approximate surface area is 150 Å². The van der Waals surface area contributed by atoms with Crippen molar-refractivity contribution in [2.45, 2.75) is 26.7 Å². The topological polar surface area (TPSA) is 37.4 Å². The molecule has 0 aliphatic heterocycles. The number of hydrogen-bond acceptors (Lipinski definition) is 3. The average molecular weight is 336 g/mol. The zero-order chi connectivity index (χ0) is 18.1. The lowest BCUT2D eigenvalue weighted by Gasteiger charge is -2.23. The summed E-state index contributed by atoms with van der Waals surface area (Å²) >= 11 is 0. The van der Waals surface area contributed by atoms with Crippen LogP contribution in [0.25, 0.3) is 0 Å². The number of nitrogens with zero attached hydrogens (tertiary/aromatic N) is 1. The van der Waals surface area contributed by atoms with E-state index in [1.54, 1.807) is 0 Å². The van der Waals surface area contributed by atoms with E-state index >= 15 is 0 Å². The molecule has 0 fully saturated rings. The van der Waals surface area contributed by atoms with Crippen molar-refractivity contribution in [3.63, 3.8) is 0 Å². The lowest BCUT2D eigenvalue weighted by atomic mass is 9.90. The van der Waals surface area contributed by atoms with Crippen LogP contribution in [-0.4, -0.2) is 36.1 Å². The van der Waals surface area contributed by atoms with Crippen molar-refractivity contribution in [1.82, 2.24) is 4.90 Å². The van der Waals surface area contributed by atoms with Crippen LogP contribution in [0, 0.1) is 5.92 Å². The molecular formula is C22H26NO2. The van der Waals surface area contributed by atoms with Gasteiger partial charge in [-0.15, -0.1) is 0 Å². The minimum absolute atomic E-state index is 0.0703. The van der Waals surface area contributed by atoms with Gasteiger partial charge in [-0.25, -0.2) is 0 Å². The Morgan fingerprint density at radius 2 is 1.12 bits per heavy atom. The van der Waals surface area contributed by atoms with Gasteiger partial charge in [0, 0.05) is 19.4 Å². The first-order valence-electron chi connectivity index (χ1n) is 8.86. The van der Waals surface area contributed by atoms with Crippen LogP contribution >= 0.6 is 0 Å². The molecule has 0 atom stereocenters. The molecule has 25 heavy (non-hydrogen) atoms. The molecular weight excluding hydrogens is 310 g/mol. The maximum absolute atomic E-state index is 12.8. The minimum atomic E-state index is -0.0703. The predicted molar refractivity (Wildman–Crippen MR) is 101 cm³/mol. The van der Waals surface area contributed by atoms with Gasteiger partial charge in [0.25, 0.3) is 0 Å². The van der Waals surface area contributed by atoms with Gasteiger partial charge >= 0.3 is 0 Å². The van der Waals surface area contributed by atoms with E-state index < -0.39 is 0 Å². The van der Waals surface area contributed by atoms with Crippen LogP contribution in [0.3, 0.4) is 0 Å². The third kappa shape index (κ3) is 5.95. The van der Waals surface area contributed by atoms with Crippen molar-refractivity contribution in [3.05, 3.63) is 77.7 Å². The Hall–Kier alpha value is -2.26. The summed E-state index contributed by atoms with van der Waals surface area (Å²) in [5.41, 5.74) is 1.88. The van der Waals surface area contributed by atoms with Crippen molar-refractivity contribution >= 4 is 11.6 Å². The highest BCUT2D eigenvalue weighted by molar-refractivity contribution is 6.17. The van der Waals surface area contributed by atoms with Crippen LogP contribution in [-0.2, 0) is 22.4 Å². The zero-order valence-corrected chi connectivity index (χ0v) is 15.1. The van der Waals surface area contributed by atoms with Crippen LogP contribution in [0.2, 0.25) is 0 Å². The Kier molecular flexibility index (Phi) is 7.55. The quantitative estimate of drug-likeness (QED) is 0.623. The summed E-state index contributed by atoms with van der Waals surface area (Å²) in [7, 11) is 0. The van der Waals surface area contributed by atoms with Crippen molar-refractivity contribution in [2.75, 3.05) is 19.6 Å². The number of Topliss-reactive ketones (excluding diaryl/α,β-unsaturated/α-hetero) is 2. The summed E-state index contributed by atoms with van der Waals surface area (Å²) < 4.78 is 0. The van der Waals surface area contributed by atoms with Crippen LogP contribution < -0.4 is 0 Å². The Bertz CT molecular complexity index is 609. The second kappa shape index (κ2) is 9.90. The number of carbonyl (C=O) groups is 2. The van der Waals surface area contributed by atoms with E-state index in [4.69, 9.17) is 0 Å². The van der Waals surface area contributed by atoms with Gasteiger partial charge in [0.05, 0.1) is 0 Å². The average Bonchev–Trinajstić information content (AvgIpc) is 2.64. The summed E-state index contributed by atoms with van der Waals surface area (Å²) in [5, 5.41) is 0. The second-order valence-corrected chi connectivity index (χ2v) is 6.11. The van der Waals surface area contributed by atoms with Crippen LogP contribution in [0.15, 0.2) is 60.7 Å². The summed E-state index contributed by atoms with van der Waals surface area (Å²) in [5.74, 6) is 0.273. The fourth-order valence-electron chi connectivity index (χ4n) is 2.78.